The molecule has 0 aromatic carbocycles. The summed E-state index contributed by atoms with van der Waals surface area (Å²) in [6, 6.07) is 1.73. The standard InChI is InChI=1S/C12H17N3O/c1-12(5-2-3-6-12)11(16)15-10-4-7-14-8-9(10)13/h4,7-8H,2-3,5-6,13H2,1H3,(H,14,15,16). The second kappa shape index (κ2) is 4.12. The van der Waals surface area contributed by atoms with Gasteiger partial charge in [0.05, 0.1) is 17.6 Å². The second-order valence-corrected chi connectivity index (χ2v) is 4.68. The first-order valence-corrected chi connectivity index (χ1v) is 5.63. The van der Waals surface area contributed by atoms with Crippen molar-refractivity contribution in [3.63, 3.8) is 0 Å². The zero-order valence-corrected chi connectivity index (χ0v) is 9.49. The van der Waals surface area contributed by atoms with Gasteiger partial charge < -0.3 is 11.1 Å². The van der Waals surface area contributed by atoms with Crippen LogP contribution in [0.1, 0.15) is 32.6 Å². The van der Waals surface area contributed by atoms with E-state index in [-0.39, 0.29) is 11.3 Å². The Labute approximate surface area is 95.3 Å². The summed E-state index contributed by atoms with van der Waals surface area (Å²) in [4.78, 5) is 16.0. The number of hydrogen-bond acceptors (Lipinski definition) is 3. The normalized spacial score (nSPS) is 18.3. The molecule has 1 aliphatic carbocycles. The second-order valence-electron chi connectivity index (χ2n) is 4.68. The lowest BCUT2D eigenvalue weighted by molar-refractivity contribution is -0.124. The van der Waals surface area contributed by atoms with Gasteiger partial charge in [0.25, 0.3) is 0 Å². The summed E-state index contributed by atoms with van der Waals surface area (Å²) in [6.45, 7) is 2.02. The van der Waals surface area contributed by atoms with Crippen molar-refractivity contribution in [2.45, 2.75) is 32.6 Å². The van der Waals surface area contributed by atoms with Gasteiger partial charge in [-0.1, -0.05) is 19.8 Å². The van der Waals surface area contributed by atoms with E-state index in [1.807, 2.05) is 6.92 Å². The predicted molar refractivity (Wildman–Crippen MR) is 63.9 cm³/mol. The third kappa shape index (κ3) is 2.01. The molecular formula is C12H17N3O. The summed E-state index contributed by atoms with van der Waals surface area (Å²) in [5.41, 5.74) is 6.68. The number of hydrogen-bond donors (Lipinski definition) is 2. The molecule has 0 spiro atoms. The number of amides is 1. The van der Waals surface area contributed by atoms with Crippen molar-refractivity contribution in [3.8, 4) is 0 Å². The molecule has 1 saturated carbocycles. The monoisotopic (exact) mass is 219 g/mol. The molecule has 4 nitrogen and oxygen atoms in total. The molecule has 0 atom stereocenters. The van der Waals surface area contributed by atoms with Gasteiger partial charge in [-0.2, -0.15) is 0 Å². The van der Waals surface area contributed by atoms with Gasteiger partial charge in [0, 0.05) is 11.6 Å². The number of rotatable bonds is 2. The molecule has 1 fully saturated rings. The Morgan fingerprint density at radius 3 is 2.81 bits per heavy atom. The fraction of sp³-hybridized carbons (Fsp3) is 0.500. The van der Waals surface area contributed by atoms with Crippen LogP contribution in [0.2, 0.25) is 0 Å². The van der Waals surface area contributed by atoms with E-state index >= 15 is 0 Å². The third-order valence-electron chi connectivity index (χ3n) is 3.36. The predicted octanol–water partition coefficient (Wildman–Crippen LogP) is 2.18. The zero-order valence-electron chi connectivity index (χ0n) is 9.49. The lowest BCUT2D eigenvalue weighted by Crippen LogP contribution is -2.31. The van der Waals surface area contributed by atoms with Gasteiger partial charge in [-0.3, -0.25) is 9.78 Å². The molecule has 1 heterocycles. The first-order chi connectivity index (χ1) is 7.62. The molecule has 0 bridgehead atoms. The van der Waals surface area contributed by atoms with Crippen molar-refractivity contribution in [2.24, 2.45) is 5.41 Å². The lowest BCUT2D eigenvalue weighted by Gasteiger charge is -2.22. The molecule has 2 rings (SSSR count). The molecule has 4 heteroatoms. The van der Waals surface area contributed by atoms with Crippen molar-refractivity contribution in [2.75, 3.05) is 11.1 Å². The van der Waals surface area contributed by atoms with E-state index in [2.05, 4.69) is 10.3 Å². The highest BCUT2D eigenvalue weighted by Crippen LogP contribution is 2.38. The summed E-state index contributed by atoms with van der Waals surface area (Å²) >= 11 is 0. The van der Waals surface area contributed by atoms with E-state index in [9.17, 15) is 4.79 Å². The molecule has 0 unspecified atom stereocenters. The highest BCUT2D eigenvalue weighted by molar-refractivity contribution is 5.97. The maximum absolute atomic E-state index is 12.1. The minimum atomic E-state index is -0.226. The van der Waals surface area contributed by atoms with E-state index in [0.717, 1.165) is 25.7 Å². The van der Waals surface area contributed by atoms with Crippen LogP contribution >= 0.6 is 0 Å². The first-order valence-electron chi connectivity index (χ1n) is 5.63. The molecule has 1 amide bonds. The number of nitrogen functional groups attached to an aromatic ring is 1. The van der Waals surface area contributed by atoms with Crippen molar-refractivity contribution >= 4 is 17.3 Å². The van der Waals surface area contributed by atoms with Gasteiger partial charge in [-0.25, -0.2) is 0 Å². The molecule has 16 heavy (non-hydrogen) atoms. The van der Waals surface area contributed by atoms with E-state index in [4.69, 9.17) is 5.73 Å². The van der Waals surface area contributed by atoms with Crippen molar-refractivity contribution in [1.82, 2.24) is 4.98 Å². The summed E-state index contributed by atoms with van der Waals surface area (Å²) in [5, 5.41) is 2.89. The number of nitrogens with zero attached hydrogens (tertiary/aromatic N) is 1. The zero-order chi connectivity index (χ0) is 11.6. The summed E-state index contributed by atoms with van der Waals surface area (Å²) in [6.07, 6.45) is 7.37. The number of nitrogens with two attached hydrogens (primary N) is 1. The number of anilines is 2. The van der Waals surface area contributed by atoms with Crippen LogP contribution < -0.4 is 11.1 Å². The summed E-state index contributed by atoms with van der Waals surface area (Å²) < 4.78 is 0. The molecule has 0 radical (unpaired) electrons. The fourth-order valence-electron chi connectivity index (χ4n) is 2.18. The Bertz CT molecular complexity index is 397. The van der Waals surface area contributed by atoms with Crippen molar-refractivity contribution in [3.05, 3.63) is 18.5 Å². The molecule has 0 aliphatic heterocycles. The number of pyridine rings is 1. The van der Waals surface area contributed by atoms with Crippen LogP contribution in [0.3, 0.4) is 0 Å². The van der Waals surface area contributed by atoms with Crippen molar-refractivity contribution < 1.29 is 4.79 Å². The molecule has 0 saturated heterocycles. The summed E-state index contributed by atoms with van der Waals surface area (Å²) in [7, 11) is 0. The molecule has 86 valence electrons. The maximum atomic E-state index is 12.1. The number of carbonyl (C=O) groups excluding carboxylic acids is 1. The Morgan fingerprint density at radius 2 is 2.19 bits per heavy atom. The van der Waals surface area contributed by atoms with Crippen LogP contribution in [0.4, 0.5) is 11.4 Å². The van der Waals surface area contributed by atoms with Crippen LogP contribution in [0.25, 0.3) is 0 Å². The van der Waals surface area contributed by atoms with Crippen molar-refractivity contribution in [1.29, 1.82) is 0 Å². The van der Waals surface area contributed by atoms with E-state index in [0.29, 0.717) is 11.4 Å². The Balaban J connectivity index is 2.10. The number of carbonyl (C=O) groups is 1. The minimum absolute atomic E-state index is 0.0721. The molecule has 1 aliphatic rings. The first kappa shape index (κ1) is 10.9. The minimum Gasteiger partial charge on any atom is -0.396 e. The summed E-state index contributed by atoms with van der Waals surface area (Å²) in [5.74, 6) is 0.0721. The Hall–Kier alpha value is -1.58. The van der Waals surface area contributed by atoms with Crippen LogP contribution in [0, 0.1) is 5.41 Å². The van der Waals surface area contributed by atoms with Crippen LogP contribution in [0.15, 0.2) is 18.5 Å². The van der Waals surface area contributed by atoms with Gasteiger partial charge in [0.15, 0.2) is 0 Å². The largest absolute Gasteiger partial charge is 0.396 e. The Kier molecular flexibility index (Phi) is 2.81. The average molecular weight is 219 g/mol. The maximum Gasteiger partial charge on any atom is 0.230 e. The van der Waals surface area contributed by atoms with Crippen LogP contribution in [-0.4, -0.2) is 10.9 Å². The smallest absolute Gasteiger partial charge is 0.230 e. The number of nitrogens with one attached hydrogen (secondary N) is 1. The highest BCUT2D eigenvalue weighted by Gasteiger charge is 2.36. The van der Waals surface area contributed by atoms with Gasteiger partial charge in [-0.15, -0.1) is 0 Å². The number of aromatic nitrogens is 1. The van der Waals surface area contributed by atoms with Gasteiger partial charge in [-0.05, 0) is 18.9 Å². The highest BCUT2D eigenvalue weighted by atomic mass is 16.2. The quantitative estimate of drug-likeness (QED) is 0.801. The third-order valence-corrected chi connectivity index (χ3v) is 3.36. The van der Waals surface area contributed by atoms with Gasteiger partial charge in [0.2, 0.25) is 5.91 Å². The Morgan fingerprint density at radius 1 is 1.50 bits per heavy atom. The van der Waals surface area contributed by atoms with E-state index in [1.165, 1.54) is 0 Å². The molecule has 1 aromatic heterocycles. The molecule has 3 N–H and O–H groups in total. The SMILES string of the molecule is CC1(C(=O)Nc2ccncc2N)CCCC1. The average Bonchev–Trinajstić information content (AvgIpc) is 2.70. The lowest BCUT2D eigenvalue weighted by atomic mass is 9.88. The van der Waals surface area contributed by atoms with Crippen LogP contribution in [0.5, 0.6) is 0 Å². The van der Waals surface area contributed by atoms with Crippen LogP contribution in [-0.2, 0) is 4.79 Å². The molecular weight excluding hydrogens is 202 g/mol. The van der Waals surface area contributed by atoms with Gasteiger partial charge in [0.1, 0.15) is 0 Å². The molecule has 1 aromatic rings. The van der Waals surface area contributed by atoms with Gasteiger partial charge >= 0.3 is 0 Å². The topological polar surface area (TPSA) is 68.0 Å². The fourth-order valence-corrected chi connectivity index (χ4v) is 2.18. The van der Waals surface area contributed by atoms with E-state index < -0.39 is 0 Å². The van der Waals surface area contributed by atoms with E-state index in [1.54, 1.807) is 18.5 Å².